The zero-order valence-corrected chi connectivity index (χ0v) is 11.5. The normalized spacial score (nSPS) is 18.7. The number of para-hydroxylation sites is 1. The molecule has 0 saturated carbocycles. The Kier molecular flexibility index (Phi) is 4.68. The van der Waals surface area contributed by atoms with Crippen LogP contribution >= 0.6 is 0 Å². The lowest BCUT2D eigenvalue weighted by Crippen LogP contribution is -2.39. The summed E-state index contributed by atoms with van der Waals surface area (Å²) in [4.78, 5) is 4.89. The molecule has 0 aliphatic carbocycles. The Bertz CT molecular complexity index is 372. The van der Waals surface area contributed by atoms with E-state index in [1.807, 2.05) is 0 Å². The minimum atomic E-state index is 0.504. The molecule has 2 rings (SSSR count). The van der Waals surface area contributed by atoms with Crippen LogP contribution in [0.15, 0.2) is 42.7 Å². The molecule has 18 heavy (non-hydrogen) atoms. The standard InChI is InChI=1S/C16H24N2/c1-3-5-12-17-13-14-18(16(17)9-4-2)15-10-7-6-8-11-15/h6-8,10-11,13-14,16H,3-5,9,12H2,1-2H3. The van der Waals surface area contributed by atoms with Gasteiger partial charge in [-0.3, -0.25) is 0 Å². The molecule has 0 spiro atoms. The number of hydrogen-bond acceptors (Lipinski definition) is 2. The highest BCUT2D eigenvalue weighted by atomic mass is 15.4. The number of rotatable bonds is 6. The topological polar surface area (TPSA) is 6.48 Å². The lowest BCUT2D eigenvalue weighted by molar-refractivity contribution is 0.280. The van der Waals surface area contributed by atoms with Crippen LogP contribution < -0.4 is 4.90 Å². The molecule has 1 heterocycles. The predicted octanol–water partition coefficient (Wildman–Crippen LogP) is 4.21. The third kappa shape index (κ3) is 2.87. The van der Waals surface area contributed by atoms with Crippen LogP contribution in [0.3, 0.4) is 0 Å². The first-order valence-corrected chi connectivity index (χ1v) is 7.14. The number of nitrogens with zero attached hydrogens (tertiary/aromatic N) is 2. The molecule has 1 aromatic carbocycles. The van der Waals surface area contributed by atoms with Gasteiger partial charge in [-0.2, -0.15) is 0 Å². The van der Waals surface area contributed by atoms with E-state index in [0.29, 0.717) is 6.17 Å². The van der Waals surface area contributed by atoms with E-state index in [0.717, 1.165) is 0 Å². The van der Waals surface area contributed by atoms with E-state index in [1.54, 1.807) is 0 Å². The van der Waals surface area contributed by atoms with Crippen LogP contribution in [0.2, 0.25) is 0 Å². The smallest absolute Gasteiger partial charge is 0.105 e. The highest BCUT2D eigenvalue weighted by Gasteiger charge is 2.25. The highest BCUT2D eigenvalue weighted by molar-refractivity contribution is 5.51. The molecule has 1 aliphatic rings. The van der Waals surface area contributed by atoms with Crippen molar-refractivity contribution in [3.63, 3.8) is 0 Å². The van der Waals surface area contributed by atoms with Crippen molar-refractivity contribution in [2.75, 3.05) is 11.4 Å². The van der Waals surface area contributed by atoms with E-state index in [9.17, 15) is 0 Å². The van der Waals surface area contributed by atoms with Gasteiger partial charge in [-0.1, -0.05) is 44.9 Å². The minimum Gasteiger partial charge on any atom is -0.356 e. The Labute approximate surface area is 111 Å². The number of hydrogen-bond donors (Lipinski definition) is 0. The second-order valence-electron chi connectivity index (χ2n) is 4.90. The van der Waals surface area contributed by atoms with Crippen molar-refractivity contribution in [2.45, 2.75) is 45.7 Å². The molecule has 2 nitrogen and oxygen atoms in total. The van der Waals surface area contributed by atoms with Gasteiger partial charge >= 0.3 is 0 Å². The molecule has 0 bridgehead atoms. The third-order valence-corrected chi connectivity index (χ3v) is 3.49. The summed E-state index contributed by atoms with van der Waals surface area (Å²) in [6.07, 6.45) is 9.95. The van der Waals surface area contributed by atoms with Crippen molar-refractivity contribution in [3.05, 3.63) is 42.7 Å². The van der Waals surface area contributed by atoms with Crippen molar-refractivity contribution >= 4 is 5.69 Å². The highest BCUT2D eigenvalue weighted by Crippen LogP contribution is 2.27. The van der Waals surface area contributed by atoms with E-state index in [4.69, 9.17) is 0 Å². The summed E-state index contributed by atoms with van der Waals surface area (Å²) in [6, 6.07) is 10.7. The predicted molar refractivity (Wildman–Crippen MR) is 78.4 cm³/mol. The van der Waals surface area contributed by atoms with Crippen LogP contribution in [-0.2, 0) is 0 Å². The lowest BCUT2D eigenvalue weighted by atomic mass is 10.2. The zero-order valence-electron chi connectivity index (χ0n) is 11.5. The summed E-state index contributed by atoms with van der Waals surface area (Å²) >= 11 is 0. The first kappa shape index (κ1) is 13.0. The molecule has 1 aromatic rings. The van der Waals surface area contributed by atoms with Gasteiger partial charge in [0, 0.05) is 24.6 Å². The van der Waals surface area contributed by atoms with Crippen molar-refractivity contribution in [1.82, 2.24) is 4.90 Å². The fraction of sp³-hybridized carbons (Fsp3) is 0.500. The maximum atomic E-state index is 2.49. The summed E-state index contributed by atoms with van der Waals surface area (Å²) in [5.41, 5.74) is 1.30. The summed E-state index contributed by atoms with van der Waals surface area (Å²) in [5, 5.41) is 0. The van der Waals surface area contributed by atoms with Gasteiger partial charge in [0.25, 0.3) is 0 Å². The van der Waals surface area contributed by atoms with Gasteiger partial charge in [-0.15, -0.1) is 0 Å². The molecule has 0 N–H and O–H groups in total. The largest absolute Gasteiger partial charge is 0.356 e. The van der Waals surface area contributed by atoms with Crippen LogP contribution in [0.5, 0.6) is 0 Å². The lowest BCUT2D eigenvalue weighted by Gasteiger charge is -2.32. The fourth-order valence-corrected chi connectivity index (χ4v) is 2.50. The van der Waals surface area contributed by atoms with E-state index >= 15 is 0 Å². The van der Waals surface area contributed by atoms with Crippen LogP contribution in [0, 0.1) is 0 Å². The molecule has 0 radical (unpaired) electrons. The van der Waals surface area contributed by atoms with Gasteiger partial charge in [-0.25, -0.2) is 0 Å². The third-order valence-electron chi connectivity index (χ3n) is 3.49. The summed E-state index contributed by atoms with van der Waals surface area (Å²) in [6.45, 7) is 5.68. The molecule has 1 unspecified atom stereocenters. The number of unbranched alkanes of at least 4 members (excludes halogenated alkanes) is 1. The van der Waals surface area contributed by atoms with Crippen LogP contribution in [-0.4, -0.2) is 17.6 Å². The van der Waals surface area contributed by atoms with Gasteiger partial charge in [0.05, 0.1) is 0 Å². The molecular weight excluding hydrogens is 220 g/mol. The first-order valence-electron chi connectivity index (χ1n) is 7.14. The molecule has 0 fully saturated rings. The second kappa shape index (κ2) is 6.48. The van der Waals surface area contributed by atoms with Crippen LogP contribution in [0.4, 0.5) is 5.69 Å². The van der Waals surface area contributed by atoms with E-state index in [-0.39, 0.29) is 0 Å². The van der Waals surface area contributed by atoms with Gasteiger partial charge in [-0.05, 0) is 25.0 Å². The summed E-state index contributed by atoms with van der Waals surface area (Å²) in [7, 11) is 0. The Morgan fingerprint density at radius 1 is 1.00 bits per heavy atom. The summed E-state index contributed by atoms with van der Waals surface area (Å²) < 4.78 is 0. The summed E-state index contributed by atoms with van der Waals surface area (Å²) in [5.74, 6) is 0. The second-order valence-corrected chi connectivity index (χ2v) is 4.90. The molecule has 0 saturated heterocycles. The van der Waals surface area contributed by atoms with Gasteiger partial charge < -0.3 is 9.80 Å². The molecule has 0 amide bonds. The van der Waals surface area contributed by atoms with Gasteiger partial charge in [0.2, 0.25) is 0 Å². The maximum Gasteiger partial charge on any atom is 0.105 e. The Morgan fingerprint density at radius 2 is 1.78 bits per heavy atom. The average molecular weight is 244 g/mol. The van der Waals surface area contributed by atoms with Crippen molar-refractivity contribution < 1.29 is 0 Å². The SMILES string of the molecule is CCCCN1C=CN(c2ccccc2)C1CCC. The Balaban J connectivity index is 2.09. The average Bonchev–Trinajstić information content (AvgIpc) is 2.81. The Hall–Kier alpha value is -1.44. The van der Waals surface area contributed by atoms with Crippen LogP contribution in [0.1, 0.15) is 39.5 Å². The molecule has 0 aromatic heterocycles. The van der Waals surface area contributed by atoms with E-state index in [2.05, 4.69) is 66.4 Å². The van der Waals surface area contributed by atoms with Crippen molar-refractivity contribution in [3.8, 4) is 0 Å². The monoisotopic (exact) mass is 244 g/mol. The van der Waals surface area contributed by atoms with Crippen molar-refractivity contribution in [2.24, 2.45) is 0 Å². The van der Waals surface area contributed by atoms with E-state index < -0.39 is 0 Å². The fourth-order valence-electron chi connectivity index (χ4n) is 2.50. The molecule has 1 aliphatic heterocycles. The van der Waals surface area contributed by atoms with Crippen molar-refractivity contribution in [1.29, 1.82) is 0 Å². The number of anilines is 1. The molecule has 98 valence electrons. The van der Waals surface area contributed by atoms with Gasteiger partial charge in [0.15, 0.2) is 0 Å². The first-order chi connectivity index (χ1) is 8.86. The molecular formula is C16H24N2. The van der Waals surface area contributed by atoms with Crippen LogP contribution in [0.25, 0.3) is 0 Å². The van der Waals surface area contributed by atoms with Gasteiger partial charge in [0.1, 0.15) is 6.17 Å². The minimum absolute atomic E-state index is 0.504. The number of benzene rings is 1. The zero-order chi connectivity index (χ0) is 12.8. The molecule has 2 heteroatoms. The quantitative estimate of drug-likeness (QED) is 0.739. The van der Waals surface area contributed by atoms with E-state index in [1.165, 1.54) is 37.9 Å². The maximum absolute atomic E-state index is 2.49. The molecule has 1 atom stereocenters. The Morgan fingerprint density at radius 3 is 2.44 bits per heavy atom.